The van der Waals surface area contributed by atoms with E-state index in [9.17, 15) is 0 Å². The van der Waals surface area contributed by atoms with E-state index in [2.05, 4.69) is 36.5 Å². The predicted molar refractivity (Wildman–Crippen MR) is 71.4 cm³/mol. The molecule has 2 nitrogen and oxygen atoms in total. The third-order valence-electron chi connectivity index (χ3n) is 3.32. The normalized spacial score (nSPS) is 20.4. The van der Waals surface area contributed by atoms with Gasteiger partial charge in [0.05, 0.1) is 12.7 Å². The highest BCUT2D eigenvalue weighted by Crippen LogP contribution is 2.11. The summed E-state index contributed by atoms with van der Waals surface area (Å²) >= 11 is 0. The molecule has 2 heteroatoms. The minimum Gasteiger partial charge on any atom is -0.376 e. The molecule has 0 amide bonds. The number of benzene rings is 1. The monoisotopic (exact) mass is 233 g/mol. The van der Waals surface area contributed by atoms with E-state index in [0.717, 1.165) is 32.5 Å². The Kier molecular flexibility index (Phi) is 5.02. The van der Waals surface area contributed by atoms with Crippen LogP contribution in [0.25, 0.3) is 0 Å². The van der Waals surface area contributed by atoms with Crippen LogP contribution in [0.15, 0.2) is 24.3 Å². The third-order valence-corrected chi connectivity index (χ3v) is 3.32. The minimum atomic E-state index is 0.402. The van der Waals surface area contributed by atoms with Gasteiger partial charge in [-0.2, -0.15) is 0 Å². The Bertz CT molecular complexity index is 314. The van der Waals surface area contributed by atoms with Crippen LogP contribution in [0.5, 0.6) is 0 Å². The van der Waals surface area contributed by atoms with Crippen molar-refractivity contribution in [2.24, 2.45) is 0 Å². The smallest absolute Gasteiger partial charge is 0.0703 e. The second-order valence-electron chi connectivity index (χ2n) is 4.80. The average molecular weight is 233 g/mol. The second-order valence-corrected chi connectivity index (χ2v) is 4.80. The molecule has 0 aliphatic carbocycles. The molecule has 0 bridgehead atoms. The van der Waals surface area contributed by atoms with Crippen molar-refractivity contribution in [1.29, 1.82) is 0 Å². The number of nitrogens with one attached hydrogen (secondary N) is 1. The Morgan fingerprint density at radius 3 is 2.47 bits per heavy atom. The minimum absolute atomic E-state index is 0.402. The lowest BCUT2D eigenvalue weighted by Gasteiger charge is -2.23. The SMILES string of the molecule is CCCc1ccc(CCC2CNCCO2)cc1. The van der Waals surface area contributed by atoms with E-state index >= 15 is 0 Å². The molecule has 17 heavy (non-hydrogen) atoms. The molecular formula is C15H23NO. The van der Waals surface area contributed by atoms with Crippen LogP contribution in [0.1, 0.15) is 30.9 Å². The lowest BCUT2D eigenvalue weighted by atomic mass is 10.0. The lowest BCUT2D eigenvalue weighted by Crippen LogP contribution is -2.38. The van der Waals surface area contributed by atoms with Crippen LogP contribution in [-0.4, -0.2) is 25.8 Å². The largest absolute Gasteiger partial charge is 0.376 e. The molecule has 0 saturated carbocycles. The molecule has 1 N–H and O–H groups in total. The van der Waals surface area contributed by atoms with E-state index < -0.39 is 0 Å². The highest BCUT2D eigenvalue weighted by Gasteiger charge is 2.12. The van der Waals surface area contributed by atoms with Crippen LogP contribution in [0.4, 0.5) is 0 Å². The predicted octanol–water partition coefficient (Wildman–Crippen LogP) is 2.56. The van der Waals surface area contributed by atoms with Gasteiger partial charge in [-0.3, -0.25) is 0 Å². The fourth-order valence-electron chi connectivity index (χ4n) is 2.29. The van der Waals surface area contributed by atoms with Crippen LogP contribution < -0.4 is 5.32 Å². The van der Waals surface area contributed by atoms with Crippen molar-refractivity contribution in [3.63, 3.8) is 0 Å². The summed E-state index contributed by atoms with van der Waals surface area (Å²) in [6.45, 7) is 5.09. The van der Waals surface area contributed by atoms with Crippen LogP contribution in [0, 0.1) is 0 Å². The second kappa shape index (κ2) is 6.77. The first-order valence-corrected chi connectivity index (χ1v) is 6.78. The van der Waals surface area contributed by atoms with Crippen molar-refractivity contribution in [2.75, 3.05) is 19.7 Å². The number of rotatable bonds is 5. The number of ether oxygens (including phenoxy) is 1. The summed E-state index contributed by atoms with van der Waals surface area (Å²) in [7, 11) is 0. The number of morpholine rings is 1. The maximum atomic E-state index is 5.70. The van der Waals surface area contributed by atoms with Gasteiger partial charge in [0.15, 0.2) is 0 Å². The zero-order chi connectivity index (χ0) is 11.9. The van der Waals surface area contributed by atoms with E-state index in [1.165, 1.54) is 24.0 Å². The Balaban J connectivity index is 1.77. The van der Waals surface area contributed by atoms with Crippen molar-refractivity contribution in [3.05, 3.63) is 35.4 Å². The van der Waals surface area contributed by atoms with Crippen molar-refractivity contribution < 1.29 is 4.74 Å². The Labute approximate surface area is 104 Å². The quantitative estimate of drug-likeness (QED) is 0.844. The van der Waals surface area contributed by atoms with Crippen LogP contribution in [0.3, 0.4) is 0 Å². The van der Waals surface area contributed by atoms with Crippen LogP contribution >= 0.6 is 0 Å². The van der Waals surface area contributed by atoms with E-state index in [0.29, 0.717) is 6.10 Å². The van der Waals surface area contributed by atoms with E-state index in [1.54, 1.807) is 0 Å². The maximum Gasteiger partial charge on any atom is 0.0703 e. The van der Waals surface area contributed by atoms with Crippen molar-refractivity contribution in [3.8, 4) is 0 Å². The highest BCUT2D eigenvalue weighted by molar-refractivity contribution is 5.22. The molecule has 2 rings (SSSR count). The molecule has 0 spiro atoms. The molecule has 0 radical (unpaired) electrons. The molecule has 1 aromatic rings. The van der Waals surface area contributed by atoms with Gasteiger partial charge >= 0.3 is 0 Å². The Morgan fingerprint density at radius 2 is 1.88 bits per heavy atom. The summed E-state index contributed by atoms with van der Waals surface area (Å²) < 4.78 is 5.70. The summed E-state index contributed by atoms with van der Waals surface area (Å²) in [5, 5.41) is 3.37. The van der Waals surface area contributed by atoms with Gasteiger partial charge < -0.3 is 10.1 Å². The van der Waals surface area contributed by atoms with Gasteiger partial charge in [0, 0.05) is 13.1 Å². The number of aryl methyl sites for hydroxylation is 2. The first-order valence-electron chi connectivity index (χ1n) is 6.78. The van der Waals surface area contributed by atoms with Crippen molar-refractivity contribution in [2.45, 2.75) is 38.7 Å². The first kappa shape index (κ1) is 12.6. The molecular weight excluding hydrogens is 210 g/mol. The molecule has 1 fully saturated rings. The van der Waals surface area contributed by atoms with Gasteiger partial charge in [0.25, 0.3) is 0 Å². The van der Waals surface area contributed by atoms with Gasteiger partial charge in [-0.05, 0) is 30.4 Å². The fourth-order valence-corrected chi connectivity index (χ4v) is 2.29. The Morgan fingerprint density at radius 1 is 1.18 bits per heavy atom. The summed E-state index contributed by atoms with van der Waals surface area (Å²) in [6.07, 6.45) is 5.06. The average Bonchev–Trinajstić information content (AvgIpc) is 2.40. The third kappa shape index (κ3) is 4.14. The molecule has 0 aromatic heterocycles. The topological polar surface area (TPSA) is 21.3 Å². The first-order chi connectivity index (χ1) is 8.38. The van der Waals surface area contributed by atoms with Crippen molar-refractivity contribution >= 4 is 0 Å². The Hall–Kier alpha value is -0.860. The summed E-state index contributed by atoms with van der Waals surface area (Å²) in [4.78, 5) is 0. The molecule has 1 aromatic carbocycles. The zero-order valence-corrected chi connectivity index (χ0v) is 10.7. The lowest BCUT2D eigenvalue weighted by molar-refractivity contribution is 0.0238. The molecule has 1 atom stereocenters. The zero-order valence-electron chi connectivity index (χ0n) is 10.7. The fraction of sp³-hybridized carbons (Fsp3) is 0.600. The standard InChI is InChI=1S/C15H23NO/c1-2-3-13-4-6-14(7-5-13)8-9-15-12-16-10-11-17-15/h4-7,15-16H,2-3,8-12H2,1H3. The van der Waals surface area contributed by atoms with E-state index in [1.807, 2.05) is 0 Å². The van der Waals surface area contributed by atoms with E-state index in [4.69, 9.17) is 4.74 Å². The van der Waals surface area contributed by atoms with Gasteiger partial charge in [-0.15, -0.1) is 0 Å². The van der Waals surface area contributed by atoms with Crippen molar-refractivity contribution in [1.82, 2.24) is 5.32 Å². The van der Waals surface area contributed by atoms with E-state index in [-0.39, 0.29) is 0 Å². The number of hydrogen-bond donors (Lipinski definition) is 1. The van der Waals surface area contributed by atoms with Gasteiger partial charge in [0.2, 0.25) is 0 Å². The molecule has 94 valence electrons. The van der Waals surface area contributed by atoms with Crippen LogP contribution in [0.2, 0.25) is 0 Å². The maximum absolute atomic E-state index is 5.70. The summed E-state index contributed by atoms with van der Waals surface area (Å²) in [6, 6.07) is 9.06. The molecule has 1 unspecified atom stereocenters. The number of hydrogen-bond acceptors (Lipinski definition) is 2. The molecule has 1 aliphatic rings. The van der Waals surface area contributed by atoms with Crippen LogP contribution in [-0.2, 0) is 17.6 Å². The van der Waals surface area contributed by atoms with Gasteiger partial charge in [-0.1, -0.05) is 37.6 Å². The van der Waals surface area contributed by atoms with Gasteiger partial charge in [0.1, 0.15) is 0 Å². The molecule has 1 aliphatic heterocycles. The summed E-state index contributed by atoms with van der Waals surface area (Å²) in [5.41, 5.74) is 2.88. The molecule has 1 saturated heterocycles. The van der Waals surface area contributed by atoms with Gasteiger partial charge in [-0.25, -0.2) is 0 Å². The summed E-state index contributed by atoms with van der Waals surface area (Å²) in [5.74, 6) is 0. The highest BCUT2D eigenvalue weighted by atomic mass is 16.5. The molecule has 1 heterocycles.